The van der Waals surface area contributed by atoms with Crippen molar-refractivity contribution in [1.82, 2.24) is 0 Å². The van der Waals surface area contributed by atoms with Gasteiger partial charge >= 0.3 is 7.12 Å². The molecule has 3 rings (SSSR count). The number of benzene rings is 1. The summed E-state index contributed by atoms with van der Waals surface area (Å²) in [6, 6.07) is 10.2. The van der Waals surface area contributed by atoms with E-state index in [0.717, 1.165) is 12.8 Å². The number of methoxy groups -OCH3 is 2. The largest absolute Gasteiger partial charge is 0.457 e. The number of aryl methyl sites for hydroxylation is 1. The molecule has 1 N–H and O–H groups in total. The number of fused-ring (bicyclic) bond motifs is 1. The van der Waals surface area contributed by atoms with Gasteiger partial charge in [-0.1, -0.05) is 30.3 Å². The van der Waals surface area contributed by atoms with E-state index in [4.69, 9.17) is 23.6 Å². The van der Waals surface area contributed by atoms with Crippen molar-refractivity contribution in [2.75, 3.05) is 14.2 Å². The molecule has 4 atom stereocenters. The molecule has 2 fully saturated rings. The third kappa shape index (κ3) is 3.93. The summed E-state index contributed by atoms with van der Waals surface area (Å²) in [6.45, 7) is 0. The van der Waals surface area contributed by atoms with Crippen LogP contribution in [0.1, 0.15) is 12.0 Å². The Bertz CT molecular complexity index is 483. The van der Waals surface area contributed by atoms with E-state index in [1.54, 1.807) is 14.2 Å². The van der Waals surface area contributed by atoms with Crippen molar-refractivity contribution < 1.29 is 28.6 Å². The minimum atomic E-state index is -0.831. The van der Waals surface area contributed by atoms with Crippen molar-refractivity contribution in [2.24, 2.45) is 0 Å². The van der Waals surface area contributed by atoms with Gasteiger partial charge in [0.1, 0.15) is 6.10 Å². The van der Waals surface area contributed by atoms with Gasteiger partial charge in [-0.3, -0.25) is 0 Å². The van der Waals surface area contributed by atoms with Gasteiger partial charge in [-0.25, -0.2) is 0 Å². The Kier molecular flexibility index (Phi) is 5.69. The normalized spacial score (nSPS) is 30.7. The first-order valence-electron chi connectivity index (χ1n) is 7.95. The molecular weight excluding hydrogens is 299 g/mol. The number of hydrogen-bond donors (Lipinski definition) is 1. The molecule has 0 saturated carbocycles. The monoisotopic (exact) mass is 322 g/mol. The van der Waals surface area contributed by atoms with Gasteiger partial charge in [-0.15, -0.1) is 0 Å². The number of hydrogen-bond acceptors (Lipinski definition) is 6. The third-order valence-electron chi connectivity index (χ3n) is 4.35. The van der Waals surface area contributed by atoms with Gasteiger partial charge in [0, 0.05) is 20.5 Å². The molecule has 2 saturated heterocycles. The molecule has 2 aliphatic heterocycles. The highest BCUT2D eigenvalue weighted by Crippen LogP contribution is 2.34. The van der Waals surface area contributed by atoms with E-state index in [1.165, 1.54) is 5.56 Å². The van der Waals surface area contributed by atoms with Crippen LogP contribution in [0.5, 0.6) is 0 Å². The average molecular weight is 322 g/mol. The van der Waals surface area contributed by atoms with Crippen LogP contribution in [0.3, 0.4) is 0 Å². The Morgan fingerprint density at radius 2 is 1.96 bits per heavy atom. The Hall–Kier alpha value is -0.955. The summed E-state index contributed by atoms with van der Waals surface area (Å²) in [5, 5.41) is 9.94. The van der Waals surface area contributed by atoms with E-state index in [9.17, 15) is 5.02 Å². The molecule has 0 spiro atoms. The maximum absolute atomic E-state index is 9.94. The lowest BCUT2D eigenvalue weighted by molar-refractivity contribution is -0.240. The van der Waals surface area contributed by atoms with Gasteiger partial charge in [-0.05, 0) is 18.4 Å². The predicted molar refractivity (Wildman–Crippen MR) is 83.8 cm³/mol. The van der Waals surface area contributed by atoms with Crippen LogP contribution in [-0.4, -0.2) is 57.3 Å². The van der Waals surface area contributed by atoms with E-state index >= 15 is 0 Å². The van der Waals surface area contributed by atoms with Crippen molar-refractivity contribution >= 4 is 7.12 Å². The fourth-order valence-corrected chi connectivity index (χ4v) is 3.21. The highest BCUT2D eigenvalue weighted by Gasteiger charge is 2.50. The third-order valence-corrected chi connectivity index (χ3v) is 4.35. The quantitative estimate of drug-likeness (QED) is 0.628. The summed E-state index contributed by atoms with van der Waals surface area (Å²) in [4.78, 5) is 0. The highest BCUT2D eigenvalue weighted by molar-refractivity contribution is 6.43. The van der Waals surface area contributed by atoms with Gasteiger partial charge in [0.25, 0.3) is 0 Å². The van der Waals surface area contributed by atoms with Crippen LogP contribution in [0.2, 0.25) is 6.32 Å². The van der Waals surface area contributed by atoms with E-state index < -0.39 is 19.7 Å². The Morgan fingerprint density at radius 1 is 1.22 bits per heavy atom. The molecule has 23 heavy (non-hydrogen) atoms. The molecule has 0 bridgehead atoms. The van der Waals surface area contributed by atoms with Crippen molar-refractivity contribution in [3.05, 3.63) is 35.9 Å². The topological polar surface area (TPSA) is 66.4 Å². The number of rotatable bonds is 6. The highest BCUT2D eigenvalue weighted by atomic mass is 16.8. The van der Waals surface area contributed by atoms with Gasteiger partial charge in [-0.2, -0.15) is 0 Å². The van der Waals surface area contributed by atoms with Gasteiger partial charge < -0.3 is 28.6 Å². The number of ether oxygens (including phenoxy) is 4. The smallest absolute Gasteiger partial charge is 0.427 e. The molecule has 2 aliphatic rings. The molecule has 0 radical (unpaired) electrons. The molecular formula is C16H23BO6. The Balaban J connectivity index is 1.63. The molecule has 126 valence electrons. The van der Waals surface area contributed by atoms with Crippen molar-refractivity contribution in [2.45, 2.75) is 50.1 Å². The molecule has 7 heteroatoms. The summed E-state index contributed by atoms with van der Waals surface area (Å²) in [5.74, 6) is 0. The van der Waals surface area contributed by atoms with Crippen molar-refractivity contribution in [1.29, 1.82) is 0 Å². The Labute approximate surface area is 136 Å². The first-order valence-corrected chi connectivity index (χ1v) is 7.95. The van der Waals surface area contributed by atoms with Gasteiger partial charge in [0.15, 0.2) is 0 Å². The average Bonchev–Trinajstić information content (AvgIpc) is 2.98. The Morgan fingerprint density at radius 3 is 2.65 bits per heavy atom. The van der Waals surface area contributed by atoms with E-state index in [2.05, 4.69) is 12.1 Å². The lowest BCUT2D eigenvalue weighted by Gasteiger charge is -2.33. The maximum atomic E-state index is 9.94. The minimum absolute atomic E-state index is 0.211. The van der Waals surface area contributed by atoms with Crippen LogP contribution >= 0.6 is 0 Å². The fourth-order valence-electron chi connectivity index (χ4n) is 3.21. The van der Waals surface area contributed by atoms with Crippen LogP contribution in [0.15, 0.2) is 30.3 Å². The molecule has 1 aromatic carbocycles. The zero-order valence-corrected chi connectivity index (χ0v) is 13.5. The summed E-state index contributed by atoms with van der Waals surface area (Å²) in [5.41, 5.74) is 1.23. The van der Waals surface area contributed by atoms with Gasteiger partial charge in [0.2, 0.25) is 12.6 Å². The molecule has 2 heterocycles. The summed E-state index contributed by atoms with van der Waals surface area (Å²) in [6.07, 6.45) is 0.153. The van der Waals surface area contributed by atoms with Crippen LogP contribution in [0.25, 0.3) is 0 Å². The predicted octanol–water partition coefficient (Wildman–Crippen LogP) is 1.23. The van der Waals surface area contributed by atoms with E-state index in [-0.39, 0.29) is 18.3 Å². The lowest BCUT2D eigenvalue weighted by Crippen LogP contribution is -2.48. The summed E-state index contributed by atoms with van der Waals surface area (Å²) < 4.78 is 27.9. The fraction of sp³-hybridized carbons (Fsp3) is 0.625. The molecule has 1 unspecified atom stereocenters. The maximum Gasteiger partial charge on any atom is 0.457 e. The minimum Gasteiger partial charge on any atom is -0.427 e. The zero-order valence-electron chi connectivity index (χ0n) is 13.5. The van der Waals surface area contributed by atoms with Crippen LogP contribution < -0.4 is 0 Å². The summed E-state index contributed by atoms with van der Waals surface area (Å²) in [7, 11) is 2.25. The van der Waals surface area contributed by atoms with E-state index in [0.29, 0.717) is 6.32 Å². The zero-order chi connectivity index (χ0) is 16.2. The van der Waals surface area contributed by atoms with Crippen LogP contribution in [0.4, 0.5) is 0 Å². The van der Waals surface area contributed by atoms with Crippen molar-refractivity contribution in [3.63, 3.8) is 0 Å². The molecule has 0 amide bonds. The van der Waals surface area contributed by atoms with E-state index in [1.807, 2.05) is 18.2 Å². The van der Waals surface area contributed by atoms with Gasteiger partial charge in [0.05, 0.1) is 12.2 Å². The van der Waals surface area contributed by atoms with Crippen LogP contribution in [0, 0.1) is 0 Å². The SMILES string of the molecule is COC(OC)C1O[C@@H]2[C@H](CCc3ccccc3)OB(O)C[C@@H]2O1. The standard InChI is InChI=1S/C16H23BO6/c1-19-15(20-2)16-21-13-10-17(18)23-12(14(13)22-16)9-8-11-6-4-3-5-7-11/h3-7,12-16,18H,8-10H2,1-2H3/t12-,13-,14+,16?/m0/s1. The second-order valence-corrected chi connectivity index (χ2v) is 5.87. The van der Waals surface area contributed by atoms with Crippen LogP contribution in [-0.2, 0) is 30.0 Å². The first-order chi connectivity index (χ1) is 11.2. The first kappa shape index (κ1) is 16.9. The van der Waals surface area contributed by atoms with Crippen molar-refractivity contribution in [3.8, 4) is 0 Å². The summed E-state index contributed by atoms with van der Waals surface area (Å²) >= 11 is 0. The molecule has 0 aromatic heterocycles. The molecule has 1 aromatic rings. The second-order valence-electron chi connectivity index (χ2n) is 5.87. The second kappa shape index (κ2) is 7.74. The molecule has 6 nitrogen and oxygen atoms in total. The molecule has 0 aliphatic carbocycles. The lowest BCUT2D eigenvalue weighted by atomic mass is 9.75.